The molecular formula is C14H15N3O2. The molecule has 3 rings (SSSR count). The Labute approximate surface area is 112 Å². The van der Waals surface area contributed by atoms with Crippen molar-refractivity contribution in [3.8, 4) is 11.9 Å². The Kier molecular flexibility index (Phi) is 2.79. The topological polar surface area (TPSA) is 56.6 Å². The number of benzene rings is 1. The zero-order valence-electron chi connectivity index (χ0n) is 10.8. The first-order valence-electron chi connectivity index (χ1n) is 6.40. The summed E-state index contributed by atoms with van der Waals surface area (Å²) in [6.45, 7) is 1.20. The van der Waals surface area contributed by atoms with Crippen molar-refractivity contribution in [2.75, 3.05) is 20.2 Å². The summed E-state index contributed by atoms with van der Waals surface area (Å²) in [6.07, 6.45) is 3.96. The van der Waals surface area contributed by atoms with Crippen molar-refractivity contribution in [3.05, 3.63) is 29.3 Å². The van der Waals surface area contributed by atoms with Gasteiger partial charge in [0.05, 0.1) is 19.2 Å². The third-order valence-electron chi connectivity index (χ3n) is 3.79. The predicted molar refractivity (Wildman–Crippen MR) is 68.5 cm³/mol. The van der Waals surface area contributed by atoms with Gasteiger partial charge in [-0.3, -0.25) is 0 Å². The normalized spacial score (nSPS) is 21.9. The summed E-state index contributed by atoms with van der Waals surface area (Å²) in [5.41, 5.74) is 2.26. The van der Waals surface area contributed by atoms with E-state index in [1.54, 1.807) is 11.9 Å². The summed E-state index contributed by atoms with van der Waals surface area (Å²) in [4.78, 5) is 14.6. The standard InChI is InChI=1S/C14H15N3O2/c1-16-12(8-17(9-15)14(16)18)10-4-5-13-11(7-10)3-2-6-19-13/h4-5,7,12H,2-3,6,8H2,1H3. The lowest BCUT2D eigenvalue weighted by Crippen LogP contribution is -2.26. The number of likely N-dealkylation sites (N-methyl/N-ethyl adjacent to an activating group) is 1. The number of fused-ring (bicyclic) bond motifs is 1. The minimum absolute atomic E-state index is 0.0561. The van der Waals surface area contributed by atoms with E-state index < -0.39 is 0 Å². The van der Waals surface area contributed by atoms with Gasteiger partial charge in [-0.05, 0) is 36.1 Å². The highest BCUT2D eigenvalue weighted by Crippen LogP contribution is 2.32. The summed E-state index contributed by atoms with van der Waals surface area (Å²) in [6, 6.07) is 5.77. The summed E-state index contributed by atoms with van der Waals surface area (Å²) < 4.78 is 5.59. The quantitative estimate of drug-likeness (QED) is 0.722. The third-order valence-corrected chi connectivity index (χ3v) is 3.79. The van der Waals surface area contributed by atoms with Crippen molar-refractivity contribution < 1.29 is 9.53 Å². The molecule has 5 nitrogen and oxygen atoms in total. The lowest BCUT2D eigenvalue weighted by Gasteiger charge is -2.22. The summed E-state index contributed by atoms with van der Waals surface area (Å²) in [5.74, 6) is 0.944. The number of carbonyl (C=O) groups is 1. The number of aryl methyl sites for hydroxylation is 1. The van der Waals surface area contributed by atoms with Crippen molar-refractivity contribution in [2.45, 2.75) is 18.9 Å². The molecule has 0 bridgehead atoms. The van der Waals surface area contributed by atoms with Gasteiger partial charge in [0, 0.05) is 7.05 Å². The van der Waals surface area contributed by atoms with Gasteiger partial charge < -0.3 is 9.64 Å². The summed E-state index contributed by atoms with van der Waals surface area (Å²) in [5, 5.41) is 8.92. The highest BCUT2D eigenvalue weighted by molar-refractivity contribution is 5.78. The molecule has 2 heterocycles. The number of urea groups is 1. The van der Waals surface area contributed by atoms with Crippen LogP contribution >= 0.6 is 0 Å². The minimum Gasteiger partial charge on any atom is -0.493 e. The van der Waals surface area contributed by atoms with Crippen LogP contribution in [0.4, 0.5) is 4.79 Å². The second-order valence-electron chi connectivity index (χ2n) is 4.94. The molecule has 1 atom stereocenters. The molecule has 0 radical (unpaired) electrons. The molecule has 0 saturated carbocycles. The highest BCUT2D eigenvalue weighted by atomic mass is 16.5. The maximum atomic E-state index is 11.8. The third kappa shape index (κ3) is 1.89. The van der Waals surface area contributed by atoms with Crippen LogP contribution in [0.25, 0.3) is 0 Å². The van der Waals surface area contributed by atoms with E-state index in [1.807, 2.05) is 18.3 Å². The van der Waals surface area contributed by atoms with E-state index in [9.17, 15) is 4.79 Å². The maximum Gasteiger partial charge on any atom is 0.333 e. The number of ether oxygens (including phenoxy) is 1. The van der Waals surface area contributed by atoms with E-state index in [4.69, 9.17) is 10.00 Å². The first-order chi connectivity index (χ1) is 9.20. The molecule has 2 aliphatic heterocycles. The molecule has 5 heteroatoms. The molecule has 1 aromatic carbocycles. The molecule has 0 aliphatic carbocycles. The van der Waals surface area contributed by atoms with Gasteiger partial charge in [-0.1, -0.05) is 6.07 Å². The molecular weight excluding hydrogens is 242 g/mol. The Balaban J connectivity index is 1.91. The number of amides is 2. The van der Waals surface area contributed by atoms with Crippen LogP contribution in [-0.4, -0.2) is 36.0 Å². The minimum atomic E-state index is -0.235. The Morgan fingerprint density at radius 3 is 3.05 bits per heavy atom. The molecule has 0 N–H and O–H groups in total. The SMILES string of the molecule is CN1C(=O)N(C#N)CC1c1ccc2c(c1)CCCO2. The van der Waals surface area contributed by atoms with Crippen LogP contribution < -0.4 is 4.74 Å². The van der Waals surface area contributed by atoms with Crippen molar-refractivity contribution in [1.82, 2.24) is 9.80 Å². The molecule has 98 valence electrons. The van der Waals surface area contributed by atoms with Gasteiger partial charge in [0.2, 0.25) is 0 Å². The van der Waals surface area contributed by atoms with Crippen LogP contribution in [0.1, 0.15) is 23.6 Å². The largest absolute Gasteiger partial charge is 0.493 e. The number of nitriles is 1. The van der Waals surface area contributed by atoms with Crippen molar-refractivity contribution in [2.24, 2.45) is 0 Å². The van der Waals surface area contributed by atoms with Crippen LogP contribution in [0, 0.1) is 11.5 Å². The van der Waals surface area contributed by atoms with Gasteiger partial charge in [0.15, 0.2) is 6.19 Å². The predicted octanol–water partition coefficient (Wildman–Crippen LogP) is 1.90. The van der Waals surface area contributed by atoms with Crippen LogP contribution in [0.3, 0.4) is 0 Å². The molecule has 0 spiro atoms. The van der Waals surface area contributed by atoms with E-state index in [-0.39, 0.29) is 12.1 Å². The summed E-state index contributed by atoms with van der Waals surface area (Å²) >= 11 is 0. The molecule has 1 aromatic rings. The average molecular weight is 257 g/mol. The van der Waals surface area contributed by atoms with Gasteiger partial charge in [-0.25, -0.2) is 9.69 Å². The Bertz CT molecular complexity index is 564. The number of hydrogen-bond donors (Lipinski definition) is 0. The van der Waals surface area contributed by atoms with E-state index in [0.717, 1.165) is 30.8 Å². The fourth-order valence-electron chi connectivity index (χ4n) is 2.70. The molecule has 1 unspecified atom stereocenters. The molecule has 0 aromatic heterocycles. The zero-order valence-corrected chi connectivity index (χ0v) is 10.8. The van der Waals surface area contributed by atoms with Crippen molar-refractivity contribution in [3.63, 3.8) is 0 Å². The fraction of sp³-hybridized carbons (Fsp3) is 0.429. The lowest BCUT2D eigenvalue weighted by atomic mass is 9.99. The van der Waals surface area contributed by atoms with Crippen LogP contribution in [-0.2, 0) is 6.42 Å². The first-order valence-corrected chi connectivity index (χ1v) is 6.40. The Hall–Kier alpha value is -2.22. The molecule has 1 fully saturated rings. The van der Waals surface area contributed by atoms with Gasteiger partial charge in [0.25, 0.3) is 0 Å². The zero-order chi connectivity index (χ0) is 13.4. The van der Waals surface area contributed by atoms with E-state index >= 15 is 0 Å². The molecule has 2 aliphatic rings. The van der Waals surface area contributed by atoms with E-state index in [1.165, 1.54) is 10.5 Å². The van der Waals surface area contributed by atoms with Crippen molar-refractivity contribution >= 4 is 6.03 Å². The van der Waals surface area contributed by atoms with E-state index in [2.05, 4.69) is 6.07 Å². The van der Waals surface area contributed by atoms with Crippen molar-refractivity contribution in [1.29, 1.82) is 5.26 Å². The molecule has 1 saturated heterocycles. The van der Waals surface area contributed by atoms with Gasteiger partial charge >= 0.3 is 6.03 Å². The number of carbonyl (C=O) groups excluding carboxylic acids is 1. The maximum absolute atomic E-state index is 11.8. The second kappa shape index (κ2) is 4.47. The Morgan fingerprint density at radius 1 is 1.47 bits per heavy atom. The Morgan fingerprint density at radius 2 is 2.32 bits per heavy atom. The van der Waals surface area contributed by atoms with Crippen LogP contribution in [0.15, 0.2) is 18.2 Å². The number of hydrogen-bond acceptors (Lipinski definition) is 3. The average Bonchev–Trinajstić information content (AvgIpc) is 2.74. The number of rotatable bonds is 1. The monoisotopic (exact) mass is 257 g/mol. The van der Waals surface area contributed by atoms with Gasteiger partial charge in [0.1, 0.15) is 5.75 Å². The molecule has 19 heavy (non-hydrogen) atoms. The smallest absolute Gasteiger partial charge is 0.333 e. The fourth-order valence-corrected chi connectivity index (χ4v) is 2.70. The second-order valence-corrected chi connectivity index (χ2v) is 4.94. The summed E-state index contributed by atoms with van der Waals surface area (Å²) in [7, 11) is 1.74. The van der Waals surface area contributed by atoms with Crippen LogP contribution in [0.5, 0.6) is 5.75 Å². The van der Waals surface area contributed by atoms with E-state index in [0.29, 0.717) is 6.54 Å². The van der Waals surface area contributed by atoms with Crippen LogP contribution in [0.2, 0.25) is 0 Å². The molecule has 2 amide bonds. The lowest BCUT2D eigenvalue weighted by molar-refractivity contribution is 0.205. The highest BCUT2D eigenvalue weighted by Gasteiger charge is 2.36. The van der Waals surface area contributed by atoms with Gasteiger partial charge in [-0.2, -0.15) is 5.26 Å². The number of nitrogens with zero attached hydrogens (tertiary/aromatic N) is 3. The first kappa shape index (κ1) is 11.8. The van der Waals surface area contributed by atoms with Gasteiger partial charge in [-0.15, -0.1) is 0 Å².